The molecule has 1 aliphatic rings. The maximum atomic E-state index is 10.5. The fourth-order valence-corrected chi connectivity index (χ4v) is 2.66. The molecule has 1 saturated carbocycles. The van der Waals surface area contributed by atoms with Crippen molar-refractivity contribution in [2.75, 3.05) is 13.2 Å². The van der Waals surface area contributed by atoms with E-state index in [1.807, 2.05) is 6.92 Å². The van der Waals surface area contributed by atoms with Crippen molar-refractivity contribution < 1.29 is 9.84 Å². The van der Waals surface area contributed by atoms with Crippen molar-refractivity contribution in [2.24, 2.45) is 11.8 Å². The fourth-order valence-electron chi connectivity index (χ4n) is 2.66. The molecule has 1 rings (SSSR count). The molecule has 1 aliphatic carbocycles. The van der Waals surface area contributed by atoms with Gasteiger partial charge in [-0.05, 0) is 31.6 Å². The molecule has 0 aromatic heterocycles. The van der Waals surface area contributed by atoms with Crippen LogP contribution in [0, 0.1) is 11.8 Å². The minimum absolute atomic E-state index is 0.419. The van der Waals surface area contributed by atoms with E-state index >= 15 is 0 Å². The van der Waals surface area contributed by atoms with E-state index in [-0.39, 0.29) is 0 Å². The highest BCUT2D eigenvalue weighted by molar-refractivity contribution is 4.91. The minimum Gasteiger partial charge on any atom is -0.387 e. The van der Waals surface area contributed by atoms with Gasteiger partial charge in [0.05, 0.1) is 12.2 Å². The van der Waals surface area contributed by atoms with E-state index in [0.29, 0.717) is 25.0 Å². The molecule has 0 amide bonds. The zero-order valence-corrected chi connectivity index (χ0v) is 9.75. The lowest BCUT2D eigenvalue weighted by Gasteiger charge is -2.42. The molecule has 0 bridgehead atoms. The molecule has 0 radical (unpaired) electrons. The van der Waals surface area contributed by atoms with Gasteiger partial charge >= 0.3 is 0 Å². The monoisotopic (exact) mass is 200 g/mol. The molecule has 1 fully saturated rings. The second-order valence-corrected chi connectivity index (χ2v) is 4.84. The third kappa shape index (κ3) is 2.71. The third-order valence-electron chi connectivity index (χ3n) is 3.43. The Labute approximate surface area is 87.7 Å². The summed E-state index contributed by atoms with van der Waals surface area (Å²) in [4.78, 5) is 0. The van der Waals surface area contributed by atoms with Gasteiger partial charge in [-0.2, -0.15) is 0 Å². The van der Waals surface area contributed by atoms with Crippen LogP contribution in [0.25, 0.3) is 0 Å². The number of ether oxygens (including phenoxy) is 1. The van der Waals surface area contributed by atoms with E-state index in [9.17, 15) is 5.11 Å². The summed E-state index contributed by atoms with van der Waals surface area (Å²) < 4.78 is 5.41. The molecule has 0 heterocycles. The summed E-state index contributed by atoms with van der Waals surface area (Å²) in [7, 11) is 0. The lowest BCUT2D eigenvalue weighted by molar-refractivity contribution is -0.115. The largest absolute Gasteiger partial charge is 0.387 e. The van der Waals surface area contributed by atoms with Crippen molar-refractivity contribution in [3.63, 3.8) is 0 Å². The van der Waals surface area contributed by atoms with E-state index < -0.39 is 5.60 Å². The number of rotatable bonds is 4. The molecular formula is C12H24O2. The molecule has 1 N–H and O–H groups in total. The van der Waals surface area contributed by atoms with E-state index in [1.165, 1.54) is 6.42 Å². The normalized spacial score (nSPS) is 33.6. The first-order chi connectivity index (χ1) is 6.60. The van der Waals surface area contributed by atoms with Gasteiger partial charge in [-0.3, -0.25) is 0 Å². The highest BCUT2D eigenvalue weighted by Crippen LogP contribution is 2.38. The molecular weight excluding hydrogens is 176 g/mol. The van der Waals surface area contributed by atoms with Crippen LogP contribution in [0.1, 0.15) is 46.5 Å². The molecule has 84 valence electrons. The quantitative estimate of drug-likeness (QED) is 0.756. The summed E-state index contributed by atoms with van der Waals surface area (Å²) in [5.41, 5.74) is -0.553. The summed E-state index contributed by atoms with van der Waals surface area (Å²) >= 11 is 0. The van der Waals surface area contributed by atoms with Crippen LogP contribution in [0.4, 0.5) is 0 Å². The van der Waals surface area contributed by atoms with Crippen LogP contribution < -0.4 is 0 Å². The molecule has 0 spiro atoms. The number of hydrogen-bond acceptors (Lipinski definition) is 2. The summed E-state index contributed by atoms with van der Waals surface area (Å²) in [5, 5.41) is 10.5. The maximum Gasteiger partial charge on any atom is 0.0910 e. The van der Waals surface area contributed by atoms with Crippen LogP contribution in [0.3, 0.4) is 0 Å². The fraction of sp³-hybridized carbons (Fsp3) is 1.00. The average molecular weight is 200 g/mol. The molecule has 0 aromatic rings. The van der Waals surface area contributed by atoms with E-state index in [4.69, 9.17) is 4.74 Å². The highest BCUT2D eigenvalue weighted by atomic mass is 16.5. The Hall–Kier alpha value is -0.0800. The lowest BCUT2D eigenvalue weighted by atomic mass is 9.70. The zero-order chi connectivity index (χ0) is 10.6. The first-order valence-electron chi connectivity index (χ1n) is 5.90. The van der Waals surface area contributed by atoms with Crippen molar-refractivity contribution in [1.29, 1.82) is 0 Å². The van der Waals surface area contributed by atoms with Crippen molar-refractivity contribution in [3.05, 3.63) is 0 Å². The van der Waals surface area contributed by atoms with Gasteiger partial charge in [0, 0.05) is 6.61 Å². The van der Waals surface area contributed by atoms with Crippen molar-refractivity contribution >= 4 is 0 Å². The molecule has 2 nitrogen and oxygen atoms in total. The van der Waals surface area contributed by atoms with E-state index in [0.717, 1.165) is 19.3 Å². The van der Waals surface area contributed by atoms with E-state index in [2.05, 4.69) is 13.8 Å². The first-order valence-corrected chi connectivity index (χ1v) is 5.90. The second kappa shape index (κ2) is 5.13. The molecule has 0 saturated heterocycles. The van der Waals surface area contributed by atoms with Gasteiger partial charge in [-0.1, -0.05) is 26.7 Å². The van der Waals surface area contributed by atoms with Gasteiger partial charge in [0.15, 0.2) is 0 Å². The second-order valence-electron chi connectivity index (χ2n) is 4.84. The Morgan fingerprint density at radius 3 is 2.71 bits per heavy atom. The predicted molar refractivity (Wildman–Crippen MR) is 58.2 cm³/mol. The lowest BCUT2D eigenvalue weighted by Crippen LogP contribution is -2.47. The summed E-state index contributed by atoms with van der Waals surface area (Å²) in [6.45, 7) is 7.61. The van der Waals surface area contributed by atoms with Gasteiger partial charge in [0.1, 0.15) is 0 Å². The van der Waals surface area contributed by atoms with Crippen LogP contribution in [0.15, 0.2) is 0 Å². The molecule has 0 aromatic carbocycles. The smallest absolute Gasteiger partial charge is 0.0910 e. The molecule has 2 atom stereocenters. The summed E-state index contributed by atoms with van der Waals surface area (Å²) in [5.74, 6) is 0.976. The van der Waals surface area contributed by atoms with Crippen molar-refractivity contribution in [1.82, 2.24) is 0 Å². The van der Waals surface area contributed by atoms with Gasteiger partial charge in [0.2, 0.25) is 0 Å². The van der Waals surface area contributed by atoms with Crippen LogP contribution in [-0.2, 0) is 4.74 Å². The van der Waals surface area contributed by atoms with Gasteiger partial charge in [-0.15, -0.1) is 0 Å². The highest BCUT2D eigenvalue weighted by Gasteiger charge is 2.40. The third-order valence-corrected chi connectivity index (χ3v) is 3.43. The Balaban J connectivity index is 2.59. The summed E-state index contributed by atoms with van der Waals surface area (Å²) in [6, 6.07) is 0. The summed E-state index contributed by atoms with van der Waals surface area (Å²) in [6.07, 6.45) is 4.47. The zero-order valence-electron chi connectivity index (χ0n) is 9.75. The predicted octanol–water partition coefficient (Wildman–Crippen LogP) is 2.60. The average Bonchev–Trinajstić information content (AvgIpc) is 2.15. The molecule has 0 aliphatic heterocycles. The standard InChI is InChI=1S/C12H24O2/c1-4-14-9-12(13)8-6-5-7-11(12)10(2)3/h10-11,13H,4-9H2,1-3H3. The molecule has 2 heteroatoms. The Kier molecular flexibility index (Phi) is 4.39. The Morgan fingerprint density at radius 1 is 1.43 bits per heavy atom. The Morgan fingerprint density at radius 2 is 2.14 bits per heavy atom. The van der Waals surface area contributed by atoms with Crippen LogP contribution >= 0.6 is 0 Å². The molecule has 14 heavy (non-hydrogen) atoms. The number of hydrogen-bond donors (Lipinski definition) is 1. The number of aliphatic hydroxyl groups is 1. The van der Waals surface area contributed by atoms with Gasteiger partial charge in [0.25, 0.3) is 0 Å². The van der Waals surface area contributed by atoms with Gasteiger partial charge in [-0.25, -0.2) is 0 Å². The SMILES string of the molecule is CCOCC1(O)CCCCC1C(C)C. The van der Waals surface area contributed by atoms with E-state index in [1.54, 1.807) is 0 Å². The molecule has 2 unspecified atom stereocenters. The van der Waals surface area contributed by atoms with Gasteiger partial charge < -0.3 is 9.84 Å². The van der Waals surface area contributed by atoms with Crippen LogP contribution in [-0.4, -0.2) is 23.9 Å². The van der Waals surface area contributed by atoms with Crippen LogP contribution in [0.5, 0.6) is 0 Å². The maximum absolute atomic E-state index is 10.5. The van der Waals surface area contributed by atoms with Crippen molar-refractivity contribution in [2.45, 2.75) is 52.1 Å². The minimum atomic E-state index is -0.553. The topological polar surface area (TPSA) is 29.5 Å². The van der Waals surface area contributed by atoms with Crippen molar-refractivity contribution in [3.8, 4) is 0 Å². The Bertz CT molecular complexity index is 168. The van der Waals surface area contributed by atoms with Crippen LogP contribution in [0.2, 0.25) is 0 Å². The first kappa shape index (κ1) is 12.0.